The summed E-state index contributed by atoms with van der Waals surface area (Å²) in [4.78, 5) is 19.1. The zero-order valence-corrected chi connectivity index (χ0v) is 20.0. The molecular formula is C20H39IN4O3. The van der Waals surface area contributed by atoms with Crippen molar-refractivity contribution < 1.29 is 14.6 Å². The number of nitrogens with one attached hydrogen (secondary N) is 2. The highest BCUT2D eigenvalue weighted by atomic mass is 127. The molecule has 1 saturated heterocycles. The monoisotopic (exact) mass is 510 g/mol. The Morgan fingerprint density at radius 2 is 1.96 bits per heavy atom. The third-order valence-corrected chi connectivity index (χ3v) is 5.11. The number of aliphatic hydroxyl groups excluding tert-OH is 1. The number of carbonyl (C=O) groups excluding carboxylic acids is 1. The van der Waals surface area contributed by atoms with Crippen LogP contribution in [0.1, 0.15) is 52.9 Å². The van der Waals surface area contributed by atoms with Gasteiger partial charge in [-0.3, -0.25) is 9.79 Å². The molecule has 2 rings (SSSR count). The normalized spacial score (nSPS) is 21.7. The Morgan fingerprint density at radius 1 is 1.25 bits per heavy atom. The molecule has 0 aromatic rings. The van der Waals surface area contributed by atoms with Gasteiger partial charge in [0.25, 0.3) is 0 Å². The number of nitrogens with zero attached hydrogens (tertiary/aromatic N) is 2. The average molecular weight is 510 g/mol. The molecule has 1 amide bonds. The van der Waals surface area contributed by atoms with Crippen molar-refractivity contribution in [2.75, 3.05) is 39.4 Å². The molecule has 0 aromatic carbocycles. The molecule has 8 heteroatoms. The number of ether oxygens (including phenoxy) is 1. The van der Waals surface area contributed by atoms with E-state index in [0.717, 1.165) is 38.9 Å². The summed E-state index contributed by atoms with van der Waals surface area (Å²) in [5, 5.41) is 16.7. The van der Waals surface area contributed by atoms with Gasteiger partial charge in [-0.05, 0) is 32.1 Å². The van der Waals surface area contributed by atoms with Crippen LogP contribution in [0.2, 0.25) is 0 Å². The number of halogens is 1. The van der Waals surface area contributed by atoms with Crippen LogP contribution in [-0.4, -0.2) is 73.4 Å². The summed E-state index contributed by atoms with van der Waals surface area (Å²) in [6.45, 7) is 9.73. The largest absolute Gasteiger partial charge is 0.389 e. The van der Waals surface area contributed by atoms with E-state index >= 15 is 0 Å². The number of hydrogen-bond donors (Lipinski definition) is 3. The first-order valence-corrected chi connectivity index (χ1v) is 10.6. The number of hydrogen-bond acceptors (Lipinski definition) is 4. The van der Waals surface area contributed by atoms with Gasteiger partial charge >= 0.3 is 0 Å². The summed E-state index contributed by atoms with van der Waals surface area (Å²) in [6, 6.07) is 0.211. The fraction of sp³-hybridized carbons (Fsp3) is 0.900. The minimum Gasteiger partial charge on any atom is -0.389 e. The quantitative estimate of drug-likeness (QED) is 0.251. The highest BCUT2D eigenvalue weighted by Gasteiger charge is 2.32. The molecule has 2 atom stereocenters. The van der Waals surface area contributed by atoms with Gasteiger partial charge in [-0.1, -0.05) is 26.7 Å². The van der Waals surface area contributed by atoms with Gasteiger partial charge in [0.2, 0.25) is 5.91 Å². The maximum absolute atomic E-state index is 12.6. The van der Waals surface area contributed by atoms with Crippen LogP contribution in [0.15, 0.2) is 4.99 Å². The maximum Gasteiger partial charge on any atom is 0.225 e. The van der Waals surface area contributed by atoms with Crippen LogP contribution in [0.4, 0.5) is 0 Å². The van der Waals surface area contributed by atoms with E-state index in [1.807, 2.05) is 11.8 Å². The Balaban J connectivity index is 0.00000392. The maximum atomic E-state index is 12.6. The zero-order chi connectivity index (χ0) is 19.6. The fourth-order valence-electron chi connectivity index (χ4n) is 3.71. The highest BCUT2D eigenvalue weighted by molar-refractivity contribution is 14.0. The molecule has 3 N–H and O–H groups in total. The van der Waals surface area contributed by atoms with Crippen LogP contribution in [0.5, 0.6) is 0 Å². The first-order chi connectivity index (χ1) is 13.0. The van der Waals surface area contributed by atoms with Crippen molar-refractivity contribution >= 4 is 35.8 Å². The van der Waals surface area contributed by atoms with E-state index in [1.54, 1.807) is 0 Å². The number of amides is 1. The number of rotatable bonds is 9. The van der Waals surface area contributed by atoms with Crippen LogP contribution in [-0.2, 0) is 9.53 Å². The van der Waals surface area contributed by atoms with Crippen molar-refractivity contribution in [1.29, 1.82) is 0 Å². The van der Waals surface area contributed by atoms with Gasteiger partial charge in [0, 0.05) is 38.2 Å². The molecule has 2 aliphatic rings. The highest BCUT2D eigenvalue weighted by Crippen LogP contribution is 2.27. The van der Waals surface area contributed by atoms with E-state index < -0.39 is 6.10 Å². The lowest BCUT2D eigenvalue weighted by Crippen LogP contribution is -2.45. The molecular weight excluding hydrogens is 471 g/mol. The number of guanidine groups is 1. The van der Waals surface area contributed by atoms with Crippen LogP contribution in [0.3, 0.4) is 0 Å². The first-order valence-electron chi connectivity index (χ1n) is 10.6. The van der Waals surface area contributed by atoms with Crippen LogP contribution in [0, 0.1) is 11.8 Å². The van der Waals surface area contributed by atoms with E-state index in [-0.39, 0.29) is 35.9 Å². The lowest BCUT2D eigenvalue weighted by molar-refractivity contribution is -0.134. The molecule has 1 aliphatic heterocycles. The van der Waals surface area contributed by atoms with Gasteiger partial charge in [-0.15, -0.1) is 24.0 Å². The standard InChI is InChI=1S/C20H38N4O3.HI/c1-4-21-20(22-11-18(25)14-27-13-15(2)3)23-17-9-10-24(12-17)19(26)16-7-5-6-8-16;/h15-18,25H,4-14H2,1-3H3,(H2,21,22,23);1H. The number of likely N-dealkylation sites (tertiary alicyclic amines) is 1. The third kappa shape index (κ3) is 8.82. The van der Waals surface area contributed by atoms with Gasteiger partial charge in [-0.2, -0.15) is 0 Å². The number of carbonyl (C=O) groups is 1. The number of aliphatic hydroxyl groups is 1. The van der Waals surface area contributed by atoms with E-state index in [2.05, 4.69) is 29.5 Å². The summed E-state index contributed by atoms with van der Waals surface area (Å²) in [6.07, 6.45) is 4.80. The Morgan fingerprint density at radius 3 is 2.61 bits per heavy atom. The second-order valence-corrected chi connectivity index (χ2v) is 8.20. The van der Waals surface area contributed by atoms with E-state index in [0.29, 0.717) is 37.5 Å². The van der Waals surface area contributed by atoms with Crippen molar-refractivity contribution in [1.82, 2.24) is 15.5 Å². The predicted octanol–water partition coefficient (Wildman–Crippen LogP) is 1.98. The summed E-state index contributed by atoms with van der Waals surface area (Å²) < 4.78 is 5.47. The molecule has 7 nitrogen and oxygen atoms in total. The Bertz CT molecular complexity index is 484. The minimum atomic E-state index is -0.608. The van der Waals surface area contributed by atoms with Gasteiger partial charge in [0.15, 0.2) is 5.96 Å². The zero-order valence-electron chi connectivity index (χ0n) is 17.7. The topological polar surface area (TPSA) is 86.2 Å². The molecule has 1 aliphatic carbocycles. The summed E-state index contributed by atoms with van der Waals surface area (Å²) in [7, 11) is 0. The molecule has 0 bridgehead atoms. The molecule has 0 aromatic heterocycles. The molecule has 2 unspecified atom stereocenters. The van der Waals surface area contributed by atoms with Crippen molar-refractivity contribution in [3.63, 3.8) is 0 Å². The second kappa shape index (κ2) is 13.6. The lowest BCUT2D eigenvalue weighted by atomic mass is 10.1. The fourth-order valence-corrected chi connectivity index (χ4v) is 3.71. The molecule has 0 spiro atoms. The first kappa shape index (κ1) is 25.4. The Hall–Kier alpha value is -0.610. The van der Waals surface area contributed by atoms with Crippen molar-refractivity contribution in [2.45, 2.75) is 65.0 Å². The Labute approximate surface area is 187 Å². The predicted molar refractivity (Wildman–Crippen MR) is 123 cm³/mol. The molecule has 1 saturated carbocycles. The van der Waals surface area contributed by atoms with Gasteiger partial charge in [0.05, 0.1) is 19.3 Å². The van der Waals surface area contributed by atoms with E-state index in [1.165, 1.54) is 12.8 Å². The third-order valence-electron chi connectivity index (χ3n) is 5.11. The average Bonchev–Trinajstić information content (AvgIpc) is 3.31. The lowest BCUT2D eigenvalue weighted by Gasteiger charge is -2.21. The van der Waals surface area contributed by atoms with Crippen LogP contribution >= 0.6 is 24.0 Å². The molecule has 1 heterocycles. The molecule has 2 fully saturated rings. The van der Waals surface area contributed by atoms with Gasteiger partial charge < -0.3 is 25.4 Å². The smallest absolute Gasteiger partial charge is 0.225 e. The van der Waals surface area contributed by atoms with Crippen LogP contribution in [0.25, 0.3) is 0 Å². The summed E-state index contributed by atoms with van der Waals surface area (Å²) in [5.74, 6) is 1.72. The summed E-state index contributed by atoms with van der Waals surface area (Å²) >= 11 is 0. The van der Waals surface area contributed by atoms with E-state index in [4.69, 9.17) is 4.74 Å². The molecule has 0 radical (unpaired) electrons. The van der Waals surface area contributed by atoms with Crippen molar-refractivity contribution in [2.24, 2.45) is 16.8 Å². The summed E-state index contributed by atoms with van der Waals surface area (Å²) in [5.41, 5.74) is 0. The Kier molecular flexibility index (Phi) is 12.3. The number of aliphatic imine (C=N–C) groups is 1. The molecule has 164 valence electrons. The minimum absolute atomic E-state index is 0. The van der Waals surface area contributed by atoms with Crippen molar-refractivity contribution in [3.8, 4) is 0 Å². The van der Waals surface area contributed by atoms with E-state index in [9.17, 15) is 9.90 Å². The molecule has 28 heavy (non-hydrogen) atoms. The van der Waals surface area contributed by atoms with Gasteiger partial charge in [0.1, 0.15) is 0 Å². The van der Waals surface area contributed by atoms with Crippen LogP contribution < -0.4 is 10.6 Å². The second-order valence-electron chi connectivity index (χ2n) is 8.20. The SMILES string of the molecule is CCNC(=NCC(O)COCC(C)C)NC1CCN(C(=O)C2CCCC2)C1.I. The van der Waals surface area contributed by atoms with Gasteiger partial charge in [-0.25, -0.2) is 0 Å². The van der Waals surface area contributed by atoms with Crippen molar-refractivity contribution in [3.05, 3.63) is 0 Å².